The number of aryl methyl sites for hydroxylation is 2. The van der Waals surface area contributed by atoms with Crippen LogP contribution in [-0.2, 0) is 11.3 Å². The predicted octanol–water partition coefficient (Wildman–Crippen LogP) is 3.75. The molecule has 0 bridgehead atoms. The zero-order valence-electron chi connectivity index (χ0n) is 15.5. The Balaban J connectivity index is 1.66. The summed E-state index contributed by atoms with van der Waals surface area (Å²) in [6.45, 7) is 10.8. The zero-order chi connectivity index (χ0) is 17.8. The number of carbonyl (C=O) groups is 1. The summed E-state index contributed by atoms with van der Waals surface area (Å²) in [5.74, 6) is 0.237. The normalized spacial score (nSPS) is 17.4. The maximum atomic E-state index is 12.4. The van der Waals surface area contributed by atoms with E-state index in [1.54, 1.807) is 6.92 Å². The Morgan fingerprint density at radius 1 is 1.00 bits per heavy atom. The van der Waals surface area contributed by atoms with Gasteiger partial charge in [-0.3, -0.25) is 14.6 Å². The van der Waals surface area contributed by atoms with Crippen LogP contribution < -0.4 is 0 Å². The lowest BCUT2D eigenvalue weighted by atomic mass is 9.96. The lowest BCUT2D eigenvalue weighted by Crippen LogP contribution is -2.48. The molecule has 1 saturated heterocycles. The summed E-state index contributed by atoms with van der Waals surface area (Å²) < 4.78 is 0. The standard InChI is InChI=1S/C22H28N2O/c1-17-7-6-9-20(15-17)16-23-11-13-24(14-12-23)22(19(3)25)21-10-5-4-8-18(21)2/h4-10,15,22H,11-14,16H2,1-3H3. The molecule has 0 amide bonds. The fourth-order valence-electron chi connectivity index (χ4n) is 3.81. The number of rotatable bonds is 5. The fourth-order valence-corrected chi connectivity index (χ4v) is 3.81. The van der Waals surface area contributed by atoms with Gasteiger partial charge in [-0.05, 0) is 37.5 Å². The van der Waals surface area contributed by atoms with E-state index in [0.29, 0.717) is 0 Å². The highest BCUT2D eigenvalue weighted by atomic mass is 16.1. The van der Waals surface area contributed by atoms with Crippen molar-refractivity contribution in [1.82, 2.24) is 9.80 Å². The molecule has 0 aromatic heterocycles. The van der Waals surface area contributed by atoms with Crippen LogP contribution in [0.15, 0.2) is 48.5 Å². The van der Waals surface area contributed by atoms with E-state index in [1.165, 1.54) is 16.7 Å². The Hall–Kier alpha value is -1.97. The molecule has 1 heterocycles. The van der Waals surface area contributed by atoms with Crippen molar-refractivity contribution >= 4 is 5.78 Å². The highest BCUT2D eigenvalue weighted by molar-refractivity contribution is 5.83. The summed E-state index contributed by atoms with van der Waals surface area (Å²) in [5.41, 5.74) is 5.04. The third-order valence-electron chi connectivity index (χ3n) is 5.13. The van der Waals surface area contributed by atoms with Gasteiger partial charge in [0.2, 0.25) is 0 Å². The summed E-state index contributed by atoms with van der Waals surface area (Å²) >= 11 is 0. The maximum absolute atomic E-state index is 12.4. The van der Waals surface area contributed by atoms with E-state index in [0.717, 1.165) is 38.3 Å². The molecule has 1 aliphatic rings. The van der Waals surface area contributed by atoms with Crippen LogP contribution in [0.25, 0.3) is 0 Å². The van der Waals surface area contributed by atoms with Crippen molar-refractivity contribution in [3.8, 4) is 0 Å². The number of benzene rings is 2. The van der Waals surface area contributed by atoms with Crippen LogP contribution in [0.5, 0.6) is 0 Å². The van der Waals surface area contributed by atoms with Crippen molar-refractivity contribution in [1.29, 1.82) is 0 Å². The number of hydrogen-bond donors (Lipinski definition) is 0. The molecule has 0 N–H and O–H groups in total. The molecular weight excluding hydrogens is 308 g/mol. The quantitative estimate of drug-likeness (QED) is 0.831. The van der Waals surface area contributed by atoms with Crippen LogP contribution in [0.3, 0.4) is 0 Å². The summed E-state index contributed by atoms with van der Waals surface area (Å²) in [5, 5.41) is 0. The van der Waals surface area contributed by atoms with Crippen molar-refractivity contribution in [3.05, 3.63) is 70.8 Å². The Bertz CT molecular complexity index is 732. The monoisotopic (exact) mass is 336 g/mol. The molecule has 2 aromatic rings. The van der Waals surface area contributed by atoms with E-state index >= 15 is 0 Å². The first kappa shape index (κ1) is 17.8. The van der Waals surface area contributed by atoms with Gasteiger partial charge in [0.25, 0.3) is 0 Å². The number of carbonyl (C=O) groups excluding carboxylic acids is 1. The highest BCUT2D eigenvalue weighted by Crippen LogP contribution is 2.26. The van der Waals surface area contributed by atoms with E-state index in [1.807, 2.05) is 12.1 Å². The molecular formula is C22H28N2O. The average molecular weight is 336 g/mol. The summed E-state index contributed by atoms with van der Waals surface area (Å²) in [7, 11) is 0. The van der Waals surface area contributed by atoms with Crippen molar-refractivity contribution in [2.45, 2.75) is 33.4 Å². The number of nitrogens with zero attached hydrogens (tertiary/aromatic N) is 2. The molecule has 3 nitrogen and oxygen atoms in total. The van der Waals surface area contributed by atoms with Crippen molar-refractivity contribution in [3.63, 3.8) is 0 Å². The Labute approximate surface area is 151 Å². The topological polar surface area (TPSA) is 23.6 Å². The first-order valence-corrected chi connectivity index (χ1v) is 9.12. The molecule has 1 atom stereocenters. The second-order valence-electron chi connectivity index (χ2n) is 7.17. The molecule has 0 saturated carbocycles. The third-order valence-corrected chi connectivity index (χ3v) is 5.13. The molecule has 132 valence electrons. The molecule has 3 heteroatoms. The van der Waals surface area contributed by atoms with E-state index < -0.39 is 0 Å². The van der Waals surface area contributed by atoms with Gasteiger partial charge in [-0.2, -0.15) is 0 Å². The van der Waals surface area contributed by atoms with Gasteiger partial charge in [-0.25, -0.2) is 0 Å². The SMILES string of the molecule is CC(=O)C(c1ccccc1C)N1CCN(Cc2cccc(C)c2)CC1. The van der Waals surface area contributed by atoms with E-state index in [9.17, 15) is 4.79 Å². The molecule has 2 aromatic carbocycles. The van der Waals surface area contributed by atoms with E-state index in [4.69, 9.17) is 0 Å². The van der Waals surface area contributed by atoms with Gasteiger partial charge in [-0.15, -0.1) is 0 Å². The fraction of sp³-hybridized carbons (Fsp3) is 0.409. The summed E-state index contributed by atoms with van der Waals surface area (Å²) in [6, 6.07) is 16.9. The molecule has 3 rings (SSSR count). The van der Waals surface area contributed by atoms with E-state index in [2.05, 4.69) is 60.0 Å². The molecule has 1 unspecified atom stereocenters. The lowest BCUT2D eigenvalue weighted by molar-refractivity contribution is -0.123. The van der Waals surface area contributed by atoms with Gasteiger partial charge >= 0.3 is 0 Å². The minimum Gasteiger partial charge on any atom is -0.298 e. The largest absolute Gasteiger partial charge is 0.298 e. The second kappa shape index (κ2) is 7.94. The number of piperazine rings is 1. The Morgan fingerprint density at radius 3 is 2.36 bits per heavy atom. The van der Waals surface area contributed by atoms with Gasteiger partial charge < -0.3 is 0 Å². The summed E-state index contributed by atoms with van der Waals surface area (Å²) in [6.07, 6.45) is 0. The average Bonchev–Trinajstić information content (AvgIpc) is 2.58. The van der Waals surface area contributed by atoms with Crippen molar-refractivity contribution in [2.75, 3.05) is 26.2 Å². The third kappa shape index (κ3) is 4.36. The minimum absolute atomic E-state index is 0.109. The minimum atomic E-state index is -0.109. The van der Waals surface area contributed by atoms with Crippen LogP contribution in [0, 0.1) is 13.8 Å². The van der Waals surface area contributed by atoms with Crippen LogP contribution in [0.1, 0.15) is 35.2 Å². The summed E-state index contributed by atoms with van der Waals surface area (Å²) in [4.78, 5) is 17.2. The maximum Gasteiger partial charge on any atom is 0.151 e. The Kier molecular flexibility index (Phi) is 5.67. The molecule has 0 spiro atoms. The first-order chi connectivity index (χ1) is 12.0. The first-order valence-electron chi connectivity index (χ1n) is 9.12. The molecule has 1 aliphatic heterocycles. The second-order valence-corrected chi connectivity index (χ2v) is 7.17. The zero-order valence-corrected chi connectivity index (χ0v) is 15.5. The van der Waals surface area contributed by atoms with Crippen LogP contribution >= 0.6 is 0 Å². The van der Waals surface area contributed by atoms with Gasteiger partial charge in [0.05, 0.1) is 6.04 Å². The lowest BCUT2D eigenvalue weighted by Gasteiger charge is -2.39. The molecule has 0 aliphatic carbocycles. The Morgan fingerprint density at radius 2 is 1.72 bits per heavy atom. The van der Waals surface area contributed by atoms with Crippen LogP contribution in [0.4, 0.5) is 0 Å². The van der Waals surface area contributed by atoms with Gasteiger partial charge in [0, 0.05) is 32.7 Å². The smallest absolute Gasteiger partial charge is 0.151 e. The number of ketones is 1. The molecule has 0 radical (unpaired) electrons. The molecule has 25 heavy (non-hydrogen) atoms. The predicted molar refractivity (Wildman–Crippen MR) is 103 cm³/mol. The highest BCUT2D eigenvalue weighted by Gasteiger charge is 2.28. The molecule has 1 fully saturated rings. The van der Waals surface area contributed by atoms with Crippen LogP contribution in [-0.4, -0.2) is 41.8 Å². The number of hydrogen-bond acceptors (Lipinski definition) is 3. The van der Waals surface area contributed by atoms with Gasteiger partial charge in [-0.1, -0.05) is 54.1 Å². The number of Topliss-reactive ketones (excluding diaryl/α,β-unsaturated/α-hetero) is 1. The van der Waals surface area contributed by atoms with Crippen molar-refractivity contribution in [2.24, 2.45) is 0 Å². The van der Waals surface area contributed by atoms with Gasteiger partial charge in [0.1, 0.15) is 0 Å². The van der Waals surface area contributed by atoms with Gasteiger partial charge in [0.15, 0.2) is 5.78 Å². The van der Waals surface area contributed by atoms with E-state index in [-0.39, 0.29) is 11.8 Å². The van der Waals surface area contributed by atoms with Crippen molar-refractivity contribution < 1.29 is 4.79 Å². The van der Waals surface area contributed by atoms with Crippen LogP contribution in [0.2, 0.25) is 0 Å².